The van der Waals surface area contributed by atoms with Crippen LogP contribution in [0.2, 0.25) is 5.02 Å². The normalized spacial score (nSPS) is 11.2. The molecule has 22 heavy (non-hydrogen) atoms. The van der Waals surface area contributed by atoms with Gasteiger partial charge in [0, 0.05) is 6.20 Å². The van der Waals surface area contributed by atoms with Crippen molar-refractivity contribution in [2.75, 3.05) is 11.2 Å². The van der Waals surface area contributed by atoms with Gasteiger partial charge in [-0.3, -0.25) is 14.9 Å². The Hall–Kier alpha value is -1.68. The standard InChI is InChI=1S/C11H13ClF2N6OS/c1-3-22-11-16-15-10(9(13)14)20(11)18-8(21)5-19-4-7(12)6(2)17-19/h4,9H,3,5H2,1-2H3,(H,18,21). The molecule has 120 valence electrons. The topological polar surface area (TPSA) is 77.6 Å². The fourth-order valence-electron chi connectivity index (χ4n) is 1.63. The second-order valence-corrected chi connectivity index (χ2v) is 5.84. The minimum atomic E-state index is -2.85. The third-order valence-electron chi connectivity index (χ3n) is 2.56. The molecule has 0 fully saturated rings. The molecule has 2 heterocycles. The molecule has 0 unspecified atom stereocenters. The number of amides is 1. The number of hydrogen-bond donors (Lipinski definition) is 1. The second-order valence-electron chi connectivity index (χ2n) is 4.20. The van der Waals surface area contributed by atoms with Gasteiger partial charge in [-0.15, -0.1) is 10.2 Å². The van der Waals surface area contributed by atoms with Gasteiger partial charge in [0.2, 0.25) is 11.0 Å². The summed E-state index contributed by atoms with van der Waals surface area (Å²) in [7, 11) is 0. The molecule has 0 aliphatic heterocycles. The van der Waals surface area contributed by atoms with Gasteiger partial charge in [-0.1, -0.05) is 30.3 Å². The van der Waals surface area contributed by atoms with Crippen molar-refractivity contribution in [3.63, 3.8) is 0 Å². The molecular formula is C11H13ClF2N6OS. The van der Waals surface area contributed by atoms with E-state index in [0.717, 1.165) is 4.68 Å². The van der Waals surface area contributed by atoms with E-state index in [9.17, 15) is 13.6 Å². The summed E-state index contributed by atoms with van der Waals surface area (Å²) < 4.78 is 28.0. The third kappa shape index (κ3) is 3.74. The third-order valence-corrected chi connectivity index (χ3v) is 3.74. The Kier molecular flexibility index (Phi) is 5.35. The minimum absolute atomic E-state index is 0.162. The molecule has 1 N–H and O–H groups in total. The first kappa shape index (κ1) is 16.7. The molecular weight excluding hydrogens is 338 g/mol. The summed E-state index contributed by atoms with van der Waals surface area (Å²) in [4.78, 5) is 12.0. The average Bonchev–Trinajstić information content (AvgIpc) is 2.95. The zero-order valence-corrected chi connectivity index (χ0v) is 13.3. The lowest BCUT2D eigenvalue weighted by Crippen LogP contribution is -2.29. The SMILES string of the molecule is CCSc1nnc(C(F)F)n1NC(=O)Cn1cc(Cl)c(C)n1. The van der Waals surface area contributed by atoms with Gasteiger partial charge in [-0.25, -0.2) is 13.5 Å². The van der Waals surface area contributed by atoms with Crippen molar-refractivity contribution in [3.8, 4) is 0 Å². The zero-order valence-electron chi connectivity index (χ0n) is 11.8. The van der Waals surface area contributed by atoms with E-state index in [1.54, 1.807) is 6.92 Å². The molecule has 11 heteroatoms. The fraction of sp³-hybridized carbons (Fsp3) is 0.455. The molecule has 0 bridgehead atoms. The van der Waals surface area contributed by atoms with Crippen LogP contribution < -0.4 is 5.43 Å². The lowest BCUT2D eigenvalue weighted by atomic mass is 10.5. The number of thioether (sulfide) groups is 1. The largest absolute Gasteiger partial charge is 0.299 e. The predicted octanol–water partition coefficient (Wildman–Crippen LogP) is 2.26. The lowest BCUT2D eigenvalue weighted by molar-refractivity contribution is -0.118. The number of alkyl halides is 2. The molecule has 2 rings (SSSR count). The summed E-state index contributed by atoms with van der Waals surface area (Å²) in [5.74, 6) is -0.552. The smallest absolute Gasteiger partial charge is 0.271 e. The van der Waals surface area contributed by atoms with Crippen molar-refractivity contribution in [3.05, 3.63) is 22.7 Å². The van der Waals surface area contributed by atoms with Crippen LogP contribution in [0.3, 0.4) is 0 Å². The summed E-state index contributed by atoms with van der Waals surface area (Å²) >= 11 is 7.04. The van der Waals surface area contributed by atoms with Gasteiger partial charge in [-0.2, -0.15) is 5.10 Å². The van der Waals surface area contributed by atoms with E-state index < -0.39 is 18.2 Å². The first-order chi connectivity index (χ1) is 10.4. The number of aromatic nitrogens is 5. The molecule has 0 aromatic carbocycles. The van der Waals surface area contributed by atoms with Crippen LogP contribution in [-0.2, 0) is 11.3 Å². The van der Waals surface area contributed by atoms with E-state index in [2.05, 4.69) is 20.7 Å². The molecule has 0 radical (unpaired) electrons. The molecule has 2 aromatic rings. The Morgan fingerprint density at radius 1 is 1.50 bits per heavy atom. The molecule has 0 aliphatic rings. The zero-order chi connectivity index (χ0) is 16.3. The van der Waals surface area contributed by atoms with Gasteiger partial charge in [0.05, 0.1) is 10.7 Å². The maximum atomic E-state index is 12.9. The van der Waals surface area contributed by atoms with Crippen molar-refractivity contribution >= 4 is 29.3 Å². The molecule has 1 amide bonds. The van der Waals surface area contributed by atoms with E-state index in [4.69, 9.17) is 11.6 Å². The highest BCUT2D eigenvalue weighted by atomic mass is 35.5. The maximum Gasteiger partial charge on any atom is 0.299 e. The number of aryl methyl sites for hydroxylation is 1. The molecule has 0 spiro atoms. The molecule has 0 saturated carbocycles. The number of rotatable bonds is 6. The van der Waals surface area contributed by atoms with E-state index in [-0.39, 0.29) is 11.7 Å². The van der Waals surface area contributed by atoms with Crippen molar-refractivity contribution in [1.82, 2.24) is 24.7 Å². The van der Waals surface area contributed by atoms with Crippen LogP contribution in [0.4, 0.5) is 8.78 Å². The number of nitrogens with one attached hydrogen (secondary N) is 1. The summed E-state index contributed by atoms with van der Waals surface area (Å²) in [6.45, 7) is 3.37. The Morgan fingerprint density at radius 3 is 2.77 bits per heavy atom. The van der Waals surface area contributed by atoms with Gasteiger partial charge in [0.25, 0.3) is 12.3 Å². The molecule has 0 saturated heterocycles. The number of carbonyl (C=O) groups excluding carboxylic acids is 1. The van der Waals surface area contributed by atoms with Gasteiger partial charge >= 0.3 is 0 Å². The van der Waals surface area contributed by atoms with E-state index in [1.807, 2.05) is 6.92 Å². The molecule has 0 aliphatic carbocycles. The van der Waals surface area contributed by atoms with Crippen LogP contribution in [-0.4, -0.2) is 36.3 Å². The fourth-order valence-corrected chi connectivity index (χ4v) is 2.41. The molecule has 0 atom stereocenters. The van der Waals surface area contributed by atoms with E-state index >= 15 is 0 Å². The van der Waals surface area contributed by atoms with Crippen LogP contribution in [0.1, 0.15) is 24.9 Å². The van der Waals surface area contributed by atoms with Gasteiger partial charge < -0.3 is 0 Å². The highest BCUT2D eigenvalue weighted by molar-refractivity contribution is 7.99. The van der Waals surface area contributed by atoms with Gasteiger partial charge in [0.15, 0.2) is 0 Å². The Balaban J connectivity index is 2.14. The first-order valence-corrected chi connectivity index (χ1v) is 7.64. The van der Waals surface area contributed by atoms with Gasteiger partial charge in [-0.05, 0) is 12.7 Å². The summed E-state index contributed by atoms with van der Waals surface area (Å²) in [5.41, 5.74) is 2.93. The van der Waals surface area contributed by atoms with Crippen molar-refractivity contribution in [1.29, 1.82) is 0 Å². The lowest BCUT2D eigenvalue weighted by Gasteiger charge is -2.10. The Labute approximate surface area is 134 Å². The number of halogens is 3. The highest BCUT2D eigenvalue weighted by Crippen LogP contribution is 2.21. The highest BCUT2D eigenvalue weighted by Gasteiger charge is 2.22. The Morgan fingerprint density at radius 2 is 2.23 bits per heavy atom. The number of nitrogens with zero attached hydrogens (tertiary/aromatic N) is 5. The predicted molar refractivity (Wildman–Crippen MR) is 77.7 cm³/mol. The Bertz CT molecular complexity index is 654. The van der Waals surface area contributed by atoms with Gasteiger partial charge in [0.1, 0.15) is 6.54 Å². The van der Waals surface area contributed by atoms with E-state index in [0.29, 0.717) is 16.5 Å². The quantitative estimate of drug-likeness (QED) is 0.808. The van der Waals surface area contributed by atoms with Crippen molar-refractivity contribution < 1.29 is 13.6 Å². The summed E-state index contributed by atoms with van der Waals surface area (Å²) in [6, 6.07) is 0. The molecule has 2 aromatic heterocycles. The number of carbonyl (C=O) groups is 1. The van der Waals surface area contributed by atoms with Crippen LogP contribution in [0.25, 0.3) is 0 Å². The maximum absolute atomic E-state index is 12.9. The number of hydrogen-bond acceptors (Lipinski definition) is 5. The molecule has 7 nitrogen and oxygen atoms in total. The second kappa shape index (κ2) is 7.05. The first-order valence-electron chi connectivity index (χ1n) is 6.28. The van der Waals surface area contributed by atoms with Crippen molar-refractivity contribution in [2.24, 2.45) is 0 Å². The van der Waals surface area contributed by atoms with Crippen molar-refractivity contribution in [2.45, 2.75) is 32.0 Å². The minimum Gasteiger partial charge on any atom is -0.271 e. The monoisotopic (exact) mass is 350 g/mol. The van der Waals surface area contributed by atoms with Crippen LogP contribution in [0.5, 0.6) is 0 Å². The van der Waals surface area contributed by atoms with Crippen LogP contribution >= 0.6 is 23.4 Å². The summed E-state index contributed by atoms with van der Waals surface area (Å²) in [6.07, 6.45) is -1.36. The van der Waals surface area contributed by atoms with E-state index in [1.165, 1.54) is 22.6 Å². The van der Waals surface area contributed by atoms with Crippen LogP contribution in [0, 0.1) is 6.92 Å². The van der Waals surface area contributed by atoms with Crippen LogP contribution in [0.15, 0.2) is 11.4 Å². The summed E-state index contributed by atoms with van der Waals surface area (Å²) in [5, 5.41) is 11.7. The average molecular weight is 351 g/mol.